The van der Waals surface area contributed by atoms with Gasteiger partial charge in [-0.1, -0.05) is 38.0 Å². The third-order valence-corrected chi connectivity index (χ3v) is 4.89. The van der Waals surface area contributed by atoms with Crippen molar-refractivity contribution in [1.29, 1.82) is 0 Å². The Bertz CT molecular complexity index is 548. The highest BCUT2D eigenvalue weighted by Crippen LogP contribution is 2.24. The molecule has 0 atom stereocenters. The number of hydrogen-bond acceptors (Lipinski definition) is 3. The summed E-state index contributed by atoms with van der Waals surface area (Å²) in [6, 6.07) is 7.67. The molecular weight excluding hydrogens is 302 g/mol. The van der Waals surface area contributed by atoms with Crippen LogP contribution in [0.15, 0.2) is 24.3 Å². The van der Waals surface area contributed by atoms with Crippen molar-refractivity contribution in [2.45, 2.75) is 51.9 Å². The fourth-order valence-electron chi connectivity index (χ4n) is 3.39. The molecule has 4 nitrogen and oxygen atoms in total. The first-order valence-electron chi connectivity index (χ1n) is 9.09. The minimum absolute atomic E-state index is 0.269. The van der Waals surface area contributed by atoms with Crippen LogP contribution in [0.5, 0.6) is 0 Å². The standard InChI is InChI=1S/C20H29NO3/c1-3-4-5-10-19(22)21-13-11-16(12-14-21)15-17-8-6-7-9-18(17)20(23)24-2/h6-9,16H,3-5,10-15H2,1-2H3. The van der Waals surface area contributed by atoms with E-state index in [0.29, 0.717) is 23.8 Å². The number of carbonyl (C=O) groups is 2. The number of amides is 1. The van der Waals surface area contributed by atoms with Gasteiger partial charge in [-0.2, -0.15) is 0 Å². The van der Waals surface area contributed by atoms with E-state index in [4.69, 9.17) is 4.74 Å². The van der Waals surface area contributed by atoms with Gasteiger partial charge in [0.1, 0.15) is 0 Å². The van der Waals surface area contributed by atoms with Crippen molar-refractivity contribution in [2.75, 3.05) is 20.2 Å². The smallest absolute Gasteiger partial charge is 0.338 e. The summed E-state index contributed by atoms with van der Waals surface area (Å²) in [5, 5.41) is 0. The molecule has 1 aromatic carbocycles. The molecule has 0 saturated carbocycles. The van der Waals surface area contributed by atoms with Crippen LogP contribution in [0.3, 0.4) is 0 Å². The van der Waals surface area contributed by atoms with Gasteiger partial charge in [0.25, 0.3) is 0 Å². The molecule has 1 aliphatic heterocycles. The van der Waals surface area contributed by atoms with Gasteiger partial charge in [0.05, 0.1) is 12.7 Å². The Morgan fingerprint density at radius 1 is 1.17 bits per heavy atom. The van der Waals surface area contributed by atoms with E-state index in [2.05, 4.69) is 6.92 Å². The molecular formula is C20H29NO3. The molecule has 0 radical (unpaired) electrons. The quantitative estimate of drug-likeness (QED) is 0.563. The largest absolute Gasteiger partial charge is 0.465 e. The molecule has 1 aliphatic rings. The number of nitrogens with zero attached hydrogens (tertiary/aromatic N) is 1. The maximum Gasteiger partial charge on any atom is 0.338 e. The van der Waals surface area contributed by atoms with E-state index in [1.165, 1.54) is 7.11 Å². The highest BCUT2D eigenvalue weighted by atomic mass is 16.5. The lowest BCUT2D eigenvalue weighted by molar-refractivity contribution is -0.132. The minimum Gasteiger partial charge on any atom is -0.465 e. The third kappa shape index (κ3) is 5.08. The zero-order valence-electron chi connectivity index (χ0n) is 14.9. The van der Waals surface area contributed by atoms with Crippen LogP contribution in [0.1, 0.15) is 61.4 Å². The molecule has 0 bridgehead atoms. The summed E-state index contributed by atoms with van der Waals surface area (Å²) in [5.41, 5.74) is 1.72. The highest BCUT2D eigenvalue weighted by molar-refractivity contribution is 5.91. The summed E-state index contributed by atoms with van der Waals surface area (Å²) < 4.78 is 4.87. The van der Waals surface area contributed by atoms with Crippen molar-refractivity contribution in [3.8, 4) is 0 Å². The van der Waals surface area contributed by atoms with Gasteiger partial charge in [-0.3, -0.25) is 4.79 Å². The molecule has 1 fully saturated rings. The first-order valence-corrected chi connectivity index (χ1v) is 9.09. The van der Waals surface area contributed by atoms with Gasteiger partial charge >= 0.3 is 5.97 Å². The van der Waals surface area contributed by atoms with Crippen molar-refractivity contribution < 1.29 is 14.3 Å². The minimum atomic E-state index is -0.269. The number of carbonyl (C=O) groups excluding carboxylic acids is 2. The maximum atomic E-state index is 12.2. The lowest BCUT2D eigenvalue weighted by Gasteiger charge is -2.32. The third-order valence-electron chi connectivity index (χ3n) is 4.89. The van der Waals surface area contributed by atoms with Crippen LogP contribution in [0, 0.1) is 5.92 Å². The van der Waals surface area contributed by atoms with Crippen LogP contribution < -0.4 is 0 Å². The summed E-state index contributed by atoms with van der Waals surface area (Å²) in [6.45, 7) is 3.84. The molecule has 0 aromatic heterocycles. The van der Waals surface area contributed by atoms with Gasteiger partial charge in [0, 0.05) is 19.5 Å². The fourth-order valence-corrected chi connectivity index (χ4v) is 3.39. The summed E-state index contributed by atoms with van der Waals surface area (Å²) in [7, 11) is 1.42. The van der Waals surface area contributed by atoms with Gasteiger partial charge < -0.3 is 9.64 Å². The SMILES string of the molecule is CCCCCC(=O)N1CCC(Cc2ccccc2C(=O)OC)CC1. The van der Waals surface area contributed by atoms with Crippen LogP contribution in [-0.4, -0.2) is 37.0 Å². The zero-order valence-corrected chi connectivity index (χ0v) is 14.9. The Balaban J connectivity index is 1.85. The van der Waals surface area contributed by atoms with Crippen molar-refractivity contribution in [1.82, 2.24) is 4.90 Å². The maximum absolute atomic E-state index is 12.2. The second-order valence-electron chi connectivity index (χ2n) is 6.63. The first kappa shape index (κ1) is 18.5. The lowest BCUT2D eigenvalue weighted by Crippen LogP contribution is -2.38. The van der Waals surface area contributed by atoms with Gasteiger partial charge in [-0.15, -0.1) is 0 Å². The van der Waals surface area contributed by atoms with Crippen LogP contribution >= 0.6 is 0 Å². The molecule has 1 heterocycles. The monoisotopic (exact) mass is 331 g/mol. The summed E-state index contributed by atoms with van der Waals surface area (Å²) in [5.74, 6) is 0.557. The van der Waals surface area contributed by atoms with E-state index in [1.54, 1.807) is 0 Å². The molecule has 0 aliphatic carbocycles. The number of ether oxygens (including phenoxy) is 1. The average Bonchev–Trinajstić information content (AvgIpc) is 2.62. The number of methoxy groups -OCH3 is 1. The van der Waals surface area contributed by atoms with E-state index in [1.807, 2.05) is 29.2 Å². The molecule has 0 spiro atoms. The van der Waals surface area contributed by atoms with Crippen LogP contribution in [-0.2, 0) is 16.0 Å². The molecule has 1 saturated heterocycles. The number of benzene rings is 1. The van der Waals surface area contributed by atoms with Gasteiger partial charge in [-0.25, -0.2) is 4.79 Å². The normalized spacial score (nSPS) is 15.3. The topological polar surface area (TPSA) is 46.6 Å². The first-order chi connectivity index (χ1) is 11.7. The Kier molecular flexibility index (Phi) is 7.29. The van der Waals surface area contributed by atoms with Crippen LogP contribution in [0.4, 0.5) is 0 Å². The van der Waals surface area contributed by atoms with Crippen molar-refractivity contribution in [2.24, 2.45) is 5.92 Å². The molecule has 24 heavy (non-hydrogen) atoms. The number of likely N-dealkylation sites (tertiary alicyclic amines) is 1. The van der Waals surface area contributed by atoms with E-state index in [0.717, 1.165) is 57.2 Å². The Labute approximate surface area is 145 Å². The van der Waals surface area contributed by atoms with Gasteiger partial charge in [0.2, 0.25) is 5.91 Å². The van der Waals surface area contributed by atoms with Gasteiger partial charge in [0.15, 0.2) is 0 Å². The van der Waals surface area contributed by atoms with Crippen molar-refractivity contribution in [3.63, 3.8) is 0 Å². The van der Waals surface area contributed by atoms with E-state index in [-0.39, 0.29) is 5.97 Å². The predicted molar refractivity (Wildman–Crippen MR) is 94.9 cm³/mol. The van der Waals surface area contributed by atoms with E-state index in [9.17, 15) is 9.59 Å². The van der Waals surface area contributed by atoms with Crippen molar-refractivity contribution in [3.05, 3.63) is 35.4 Å². The Morgan fingerprint density at radius 2 is 1.88 bits per heavy atom. The summed E-state index contributed by atoms with van der Waals surface area (Å²) in [4.78, 5) is 26.1. The molecule has 2 rings (SSSR count). The molecule has 1 aromatic rings. The second kappa shape index (κ2) is 9.45. The summed E-state index contributed by atoms with van der Waals surface area (Å²) in [6.07, 6.45) is 6.86. The Hall–Kier alpha value is -1.84. The second-order valence-corrected chi connectivity index (χ2v) is 6.63. The number of esters is 1. The molecule has 0 unspecified atom stereocenters. The summed E-state index contributed by atoms with van der Waals surface area (Å²) >= 11 is 0. The predicted octanol–water partition coefficient (Wildman–Crippen LogP) is 3.83. The number of piperidine rings is 1. The zero-order chi connectivity index (χ0) is 17.4. The Morgan fingerprint density at radius 3 is 2.54 bits per heavy atom. The van der Waals surface area contributed by atoms with Crippen LogP contribution in [0.25, 0.3) is 0 Å². The average molecular weight is 331 g/mol. The number of unbranched alkanes of at least 4 members (excludes halogenated alkanes) is 2. The molecule has 0 N–H and O–H groups in total. The number of hydrogen-bond donors (Lipinski definition) is 0. The molecule has 132 valence electrons. The lowest BCUT2D eigenvalue weighted by atomic mass is 9.88. The van der Waals surface area contributed by atoms with E-state index < -0.39 is 0 Å². The van der Waals surface area contributed by atoms with Crippen LogP contribution in [0.2, 0.25) is 0 Å². The fraction of sp³-hybridized carbons (Fsp3) is 0.600. The van der Waals surface area contributed by atoms with E-state index >= 15 is 0 Å². The number of rotatable bonds is 7. The van der Waals surface area contributed by atoms with Crippen molar-refractivity contribution >= 4 is 11.9 Å². The highest BCUT2D eigenvalue weighted by Gasteiger charge is 2.24. The van der Waals surface area contributed by atoms with Gasteiger partial charge in [-0.05, 0) is 43.2 Å². The molecule has 4 heteroatoms. The molecule has 1 amide bonds.